The van der Waals surface area contributed by atoms with Gasteiger partial charge >= 0.3 is 0 Å². The molecule has 4 rings (SSSR count). The molecule has 8 heteroatoms. The van der Waals surface area contributed by atoms with Crippen LogP contribution in [0.5, 0.6) is 0 Å². The maximum Gasteiger partial charge on any atom is 0.243 e. The lowest BCUT2D eigenvalue weighted by Crippen LogP contribution is -2.53. The second-order valence-electron chi connectivity index (χ2n) is 9.68. The summed E-state index contributed by atoms with van der Waals surface area (Å²) in [7, 11) is 0. The van der Waals surface area contributed by atoms with Crippen LogP contribution in [-0.2, 0) is 29.0 Å². The van der Waals surface area contributed by atoms with Crippen molar-refractivity contribution in [3.63, 3.8) is 0 Å². The molecular formula is C30H30Cl4N2O2. The van der Waals surface area contributed by atoms with Crippen molar-refractivity contribution in [2.24, 2.45) is 0 Å². The van der Waals surface area contributed by atoms with Gasteiger partial charge in [0.15, 0.2) is 0 Å². The summed E-state index contributed by atoms with van der Waals surface area (Å²) in [6.07, 6.45) is 5.57. The molecule has 0 unspecified atom stereocenters. The summed E-state index contributed by atoms with van der Waals surface area (Å²) >= 11 is 25.5. The van der Waals surface area contributed by atoms with Gasteiger partial charge in [0.25, 0.3) is 0 Å². The minimum absolute atomic E-state index is 0.0000716. The van der Waals surface area contributed by atoms with E-state index in [9.17, 15) is 9.59 Å². The Balaban J connectivity index is 1.71. The fourth-order valence-corrected chi connectivity index (χ4v) is 5.87. The number of nitrogens with one attached hydrogen (secondary N) is 1. The first-order valence-corrected chi connectivity index (χ1v) is 14.3. The summed E-state index contributed by atoms with van der Waals surface area (Å²) < 4.78 is 0. The zero-order chi connectivity index (χ0) is 27.1. The van der Waals surface area contributed by atoms with Crippen LogP contribution in [0.3, 0.4) is 0 Å². The number of halogens is 4. The van der Waals surface area contributed by atoms with Crippen molar-refractivity contribution in [2.75, 3.05) is 0 Å². The van der Waals surface area contributed by atoms with Gasteiger partial charge in [-0.05, 0) is 48.2 Å². The second kappa shape index (κ2) is 13.7. The molecule has 0 aromatic heterocycles. The summed E-state index contributed by atoms with van der Waals surface area (Å²) in [5.74, 6) is -0.440. The van der Waals surface area contributed by atoms with Crippen LogP contribution in [0.1, 0.15) is 48.8 Å². The summed E-state index contributed by atoms with van der Waals surface area (Å²) in [5, 5.41) is 4.98. The maximum atomic E-state index is 14.0. The van der Waals surface area contributed by atoms with E-state index in [0.717, 1.165) is 31.2 Å². The van der Waals surface area contributed by atoms with Gasteiger partial charge in [-0.1, -0.05) is 108 Å². The van der Waals surface area contributed by atoms with E-state index < -0.39 is 6.04 Å². The second-order valence-corrected chi connectivity index (χ2v) is 11.3. The Hall–Kier alpha value is -2.24. The van der Waals surface area contributed by atoms with Gasteiger partial charge in [-0.15, -0.1) is 0 Å². The van der Waals surface area contributed by atoms with Crippen LogP contribution < -0.4 is 5.32 Å². The van der Waals surface area contributed by atoms with Crippen LogP contribution in [0.15, 0.2) is 66.7 Å². The van der Waals surface area contributed by atoms with E-state index in [0.29, 0.717) is 37.6 Å². The fraction of sp³-hybridized carbons (Fsp3) is 0.333. The van der Waals surface area contributed by atoms with Crippen molar-refractivity contribution in [3.8, 4) is 0 Å². The third-order valence-electron chi connectivity index (χ3n) is 6.97. The number of rotatable bonds is 9. The molecule has 0 bridgehead atoms. The van der Waals surface area contributed by atoms with Gasteiger partial charge in [0.1, 0.15) is 6.04 Å². The average Bonchev–Trinajstić information content (AvgIpc) is 2.90. The van der Waals surface area contributed by atoms with Gasteiger partial charge in [0, 0.05) is 44.7 Å². The Morgan fingerprint density at radius 3 is 2.18 bits per heavy atom. The molecule has 4 nitrogen and oxygen atoms in total. The molecule has 1 N–H and O–H groups in total. The third kappa shape index (κ3) is 7.66. The first-order valence-electron chi connectivity index (χ1n) is 12.8. The molecule has 0 saturated heterocycles. The Labute approximate surface area is 244 Å². The number of benzene rings is 3. The van der Waals surface area contributed by atoms with Crippen molar-refractivity contribution in [1.29, 1.82) is 0 Å². The smallest absolute Gasteiger partial charge is 0.243 e. The van der Waals surface area contributed by atoms with Gasteiger partial charge < -0.3 is 10.2 Å². The van der Waals surface area contributed by atoms with Crippen LogP contribution in [0, 0.1) is 0 Å². The Morgan fingerprint density at radius 1 is 0.842 bits per heavy atom. The van der Waals surface area contributed by atoms with E-state index in [1.807, 2.05) is 30.3 Å². The van der Waals surface area contributed by atoms with Crippen LogP contribution >= 0.6 is 46.4 Å². The summed E-state index contributed by atoms with van der Waals surface area (Å²) in [5.41, 5.74) is 2.17. The van der Waals surface area contributed by atoms with Crippen LogP contribution in [0.25, 0.3) is 0 Å². The summed E-state index contributed by atoms with van der Waals surface area (Å²) in [6, 6.07) is 19.3. The number of hydrogen-bond donors (Lipinski definition) is 1. The lowest BCUT2D eigenvalue weighted by molar-refractivity contribution is -0.141. The SMILES string of the molecule is O=C(NC1CCCCC1)[C@H](Cc1ccccc1)N(Cc1c(Cl)cccc1Cl)C(=O)Cc1ccc(Cl)cc1Cl. The van der Waals surface area contributed by atoms with E-state index in [1.165, 1.54) is 6.42 Å². The van der Waals surface area contributed by atoms with E-state index in [2.05, 4.69) is 5.32 Å². The molecule has 200 valence electrons. The normalized spacial score (nSPS) is 14.6. The average molecular weight is 592 g/mol. The molecule has 3 aromatic rings. The lowest BCUT2D eigenvalue weighted by atomic mass is 9.94. The first-order chi connectivity index (χ1) is 18.3. The van der Waals surface area contributed by atoms with Crippen molar-refractivity contribution in [1.82, 2.24) is 10.2 Å². The van der Waals surface area contributed by atoms with Crippen molar-refractivity contribution >= 4 is 58.2 Å². The molecule has 1 aliphatic carbocycles. The highest BCUT2D eigenvalue weighted by atomic mass is 35.5. The van der Waals surface area contributed by atoms with Crippen LogP contribution in [0.2, 0.25) is 20.1 Å². The molecule has 0 spiro atoms. The molecule has 1 saturated carbocycles. The standard InChI is InChI=1S/C30H30Cl4N2O2/c31-22-15-14-21(27(34)18-22)17-29(37)36(19-24-25(32)12-7-13-26(24)33)28(16-20-8-3-1-4-9-20)30(38)35-23-10-5-2-6-11-23/h1,3-4,7-9,12-15,18,23,28H,2,5-6,10-11,16-17,19H2,(H,35,38)/t28-/m0/s1. The molecule has 2 amide bonds. The minimum atomic E-state index is -0.773. The van der Waals surface area contributed by atoms with E-state index >= 15 is 0 Å². The highest BCUT2D eigenvalue weighted by molar-refractivity contribution is 6.36. The quantitative estimate of drug-likeness (QED) is 0.275. The Kier molecular flexibility index (Phi) is 10.4. The fourth-order valence-electron chi connectivity index (χ4n) is 4.88. The van der Waals surface area contributed by atoms with Gasteiger partial charge in [0.05, 0.1) is 6.42 Å². The summed E-state index contributed by atoms with van der Waals surface area (Å²) in [6.45, 7) is 0.0815. The monoisotopic (exact) mass is 590 g/mol. The molecule has 1 fully saturated rings. The topological polar surface area (TPSA) is 49.4 Å². The Morgan fingerprint density at radius 2 is 1.53 bits per heavy atom. The maximum absolute atomic E-state index is 14.0. The van der Waals surface area contributed by atoms with Crippen LogP contribution in [-0.4, -0.2) is 28.8 Å². The van der Waals surface area contributed by atoms with Gasteiger partial charge in [-0.25, -0.2) is 0 Å². The predicted octanol–water partition coefficient (Wildman–Crippen LogP) is 7.93. The zero-order valence-corrected chi connectivity index (χ0v) is 24.0. The van der Waals surface area contributed by atoms with E-state index in [4.69, 9.17) is 46.4 Å². The number of hydrogen-bond acceptors (Lipinski definition) is 2. The molecule has 0 radical (unpaired) electrons. The molecule has 38 heavy (non-hydrogen) atoms. The number of carbonyl (C=O) groups is 2. The Bertz CT molecular complexity index is 1240. The molecule has 1 atom stereocenters. The third-order valence-corrected chi connectivity index (χ3v) is 8.26. The van der Waals surface area contributed by atoms with Crippen molar-refractivity contribution in [2.45, 2.75) is 63.6 Å². The molecule has 3 aromatic carbocycles. The van der Waals surface area contributed by atoms with E-state index in [-0.39, 0.29) is 30.8 Å². The van der Waals surface area contributed by atoms with Gasteiger partial charge in [0.2, 0.25) is 11.8 Å². The summed E-state index contributed by atoms with van der Waals surface area (Å²) in [4.78, 5) is 29.4. The predicted molar refractivity (Wildman–Crippen MR) is 156 cm³/mol. The number of nitrogens with zero attached hydrogens (tertiary/aromatic N) is 1. The van der Waals surface area contributed by atoms with Crippen molar-refractivity contribution < 1.29 is 9.59 Å². The molecule has 0 heterocycles. The largest absolute Gasteiger partial charge is 0.352 e. The molecule has 1 aliphatic rings. The van der Waals surface area contributed by atoms with Crippen molar-refractivity contribution in [3.05, 3.63) is 104 Å². The zero-order valence-electron chi connectivity index (χ0n) is 20.9. The number of amides is 2. The number of carbonyl (C=O) groups excluding carboxylic acids is 2. The lowest BCUT2D eigenvalue weighted by Gasteiger charge is -2.34. The van der Waals surface area contributed by atoms with Gasteiger partial charge in [-0.3, -0.25) is 9.59 Å². The van der Waals surface area contributed by atoms with E-state index in [1.54, 1.807) is 41.3 Å². The molecular weight excluding hydrogens is 562 g/mol. The first kappa shape index (κ1) is 28.8. The highest BCUT2D eigenvalue weighted by Crippen LogP contribution is 2.29. The van der Waals surface area contributed by atoms with Crippen LogP contribution in [0.4, 0.5) is 0 Å². The molecule has 0 aliphatic heterocycles. The highest BCUT2D eigenvalue weighted by Gasteiger charge is 2.33. The minimum Gasteiger partial charge on any atom is -0.352 e. The van der Waals surface area contributed by atoms with Gasteiger partial charge in [-0.2, -0.15) is 0 Å².